The number of rotatable bonds is 5. The predicted molar refractivity (Wildman–Crippen MR) is 91.0 cm³/mol. The maximum absolute atomic E-state index is 11.0. The first-order chi connectivity index (χ1) is 9.96. The quantitative estimate of drug-likeness (QED) is 0.858. The summed E-state index contributed by atoms with van der Waals surface area (Å²) in [5.41, 5.74) is 3.34. The largest absolute Gasteiger partial charge is 0.493 e. The van der Waals surface area contributed by atoms with Gasteiger partial charge in [-0.3, -0.25) is 4.79 Å². The van der Waals surface area contributed by atoms with Crippen molar-refractivity contribution in [2.45, 2.75) is 72.1 Å². The van der Waals surface area contributed by atoms with Crippen molar-refractivity contribution in [2.24, 2.45) is 0 Å². The van der Waals surface area contributed by atoms with E-state index in [1.165, 1.54) is 5.56 Å². The number of ether oxygens (including phenoxy) is 1. The van der Waals surface area contributed by atoms with E-state index in [0.29, 0.717) is 13.0 Å². The van der Waals surface area contributed by atoms with Crippen molar-refractivity contribution < 1.29 is 14.6 Å². The maximum Gasteiger partial charge on any atom is 0.303 e. The molecule has 1 aromatic carbocycles. The third-order valence-corrected chi connectivity index (χ3v) is 3.74. The summed E-state index contributed by atoms with van der Waals surface area (Å²) < 4.78 is 5.90. The van der Waals surface area contributed by atoms with Crippen molar-refractivity contribution in [3.63, 3.8) is 0 Å². The Hall–Kier alpha value is -1.51. The lowest BCUT2D eigenvalue weighted by atomic mass is 9.78. The minimum atomic E-state index is -0.777. The molecule has 3 heteroatoms. The second-order valence-corrected chi connectivity index (χ2v) is 7.84. The minimum absolute atomic E-state index is 0.0166. The molecule has 0 unspecified atom stereocenters. The fourth-order valence-corrected chi connectivity index (χ4v) is 2.42. The molecule has 1 aromatic rings. The van der Waals surface area contributed by atoms with Crippen LogP contribution in [0.3, 0.4) is 0 Å². The van der Waals surface area contributed by atoms with E-state index in [9.17, 15) is 4.79 Å². The highest BCUT2D eigenvalue weighted by molar-refractivity contribution is 5.67. The molecule has 1 N–H and O–H groups in total. The summed E-state index contributed by atoms with van der Waals surface area (Å²) in [7, 11) is 0. The van der Waals surface area contributed by atoms with Crippen LogP contribution in [0.2, 0.25) is 0 Å². The number of benzene rings is 1. The lowest BCUT2D eigenvalue weighted by molar-refractivity contribution is -0.136. The Bertz CT molecular complexity index is 531. The average molecular weight is 306 g/mol. The van der Waals surface area contributed by atoms with Crippen LogP contribution in [0, 0.1) is 0 Å². The SMILES string of the molecule is CCOc1c(CCC(=O)O)cc(C(C)(C)C)cc1C(C)(C)C. The molecule has 0 aliphatic carbocycles. The zero-order valence-corrected chi connectivity index (χ0v) is 15.0. The molecule has 0 aliphatic rings. The topological polar surface area (TPSA) is 46.5 Å². The van der Waals surface area contributed by atoms with Gasteiger partial charge >= 0.3 is 5.97 Å². The van der Waals surface area contributed by atoms with E-state index in [1.807, 2.05) is 6.92 Å². The van der Waals surface area contributed by atoms with Crippen molar-refractivity contribution in [2.75, 3.05) is 6.61 Å². The Labute approximate surface area is 134 Å². The third-order valence-electron chi connectivity index (χ3n) is 3.74. The molecule has 0 radical (unpaired) electrons. The zero-order valence-electron chi connectivity index (χ0n) is 15.0. The van der Waals surface area contributed by atoms with E-state index in [4.69, 9.17) is 9.84 Å². The monoisotopic (exact) mass is 306 g/mol. The summed E-state index contributed by atoms with van der Waals surface area (Å²) in [6, 6.07) is 4.33. The van der Waals surface area contributed by atoms with Crippen molar-refractivity contribution in [1.29, 1.82) is 0 Å². The van der Waals surface area contributed by atoms with Gasteiger partial charge in [0.2, 0.25) is 0 Å². The van der Waals surface area contributed by atoms with Crippen LogP contribution in [-0.2, 0) is 22.0 Å². The summed E-state index contributed by atoms with van der Waals surface area (Å²) in [6.07, 6.45) is 0.620. The normalized spacial score (nSPS) is 12.3. The van der Waals surface area contributed by atoms with Gasteiger partial charge in [0, 0.05) is 12.0 Å². The summed E-state index contributed by atoms with van der Waals surface area (Å²) in [5, 5.41) is 9.01. The van der Waals surface area contributed by atoms with Gasteiger partial charge in [0.15, 0.2) is 0 Å². The van der Waals surface area contributed by atoms with Gasteiger partial charge < -0.3 is 9.84 Å². The van der Waals surface area contributed by atoms with Gasteiger partial charge in [-0.05, 0) is 35.3 Å². The number of carboxylic acid groups (broad SMARTS) is 1. The van der Waals surface area contributed by atoms with Crippen LogP contribution in [0.15, 0.2) is 12.1 Å². The van der Waals surface area contributed by atoms with E-state index < -0.39 is 5.97 Å². The summed E-state index contributed by atoms with van der Waals surface area (Å²) in [6.45, 7) is 15.6. The van der Waals surface area contributed by atoms with Crippen molar-refractivity contribution in [3.8, 4) is 5.75 Å². The van der Waals surface area contributed by atoms with Crippen LogP contribution in [0.4, 0.5) is 0 Å². The lowest BCUT2D eigenvalue weighted by Gasteiger charge is -2.29. The Morgan fingerprint density at radius 3 is 2.09 bits per heavy atom. The number of carboxylic acids is 1. The second-order valence-electron chi connectivity index (χ2n) is 7.84. The van der Waals surface area contributed by atoms with E-state index in [0.717, 1.165) is 16.9 Å². The predicted octanol–water partition coefficient (Wildman–Crippen LogP) is 4.70. The molecular formula is C19H30O3. The van der Waals surface area contributed by atoms with E-state index in [2.05, 4.69) is 53.7 Å². The highest BCUT2D eigenvalue weighted by Crippen LogP contribution is 2.39. The maximum atomic E-state index is 11.0. The molecule has 0 saturated heterocycles. The Kier molecular flexibility index (Phi) is 5.66. The zero-order chi connectivity index (χ0) is 17.1. The number of aryl methyl sites for hydroxylation is 1. The van der Waals surface area contributed by atoms with Crippen LogP contribution < -0.4 is 4.74 Å². The minimum Gasteiger partial charge on any atom is -0.493 e. The molecule has 3 nitrogen and oxygen atoms in total. The van der Waals surface area contributed by atoms with Crippen molar-refractivity contribution in [1.82, 2.24) is 0 Å². The third kappa shape index (κ3) is 4.75. The summed E-state index contributed by atoms with van der Waals surface area (Å²) in [4.78, 5) is 11.0. The van der Waals surface area contributed by atoms with E-state index >= 15 is 0 Å². The average Bonchev–Trinajstić information content (AvgIpc) is 2.34. The Morgan fingerprint density at radius 1 is 1.09 bits per heavy atom. The van der Waals surface area contributed by atoms with E-state index in [1.54, 1.807) is 0 Å². The van der Waals surface area contributed by atoms with E-state index in [-0.39, 0.29) is 17.3 Å². The van der Waals surface area contributed by atoms with Crippen molar-refractivity contribution >= 4 is 5.97 Å². The van der Waals surface area contributed by atoms with Crippen LogP contribution in [0.5, 0.6) is 5.75 Å². The lowest BCUT2D eigenvalue weighted by Crippen LogP contribution is -2.19. The van der Waals surface area contributed by atoms with Gasteiger partial charge in [0.25, 0.3) is 0 Å². The molecule has 0 aromatic heterocycles. The molecule has 0 atom stereocenters. The number of aliphatic carboxylic acids is 1. The van der Waals surface area contributed by atoms with Crippen molar-refractivity contribution in [3.05, 3.63) is 28.8 Å². The molecule has 0 bridgehead atoms. The molecule has 0 amide bonds. The highest BCUT2D eigenvalue weighted by atomic mass is 16.5. The smallest absolute Gasteiger partial charge is 0.303 e. The fourth-order valence-electron chi connectivity index (χ4n) is 2.42. The molecule has 0 fully saturated rings. The molecule has 0 aliphatic heterocycles. The molecule has 0 spiro atoms. The first kappa shape index (κ1) is 18.5. The van der Waals surface area contributed by atoms with Gasteiger partial charge in [-0.15, -0.1) is 0 Å². The number of hydrogen-bond acceptors (Lipinski definition) is 2. The highest BCUT2D eigenvalue weighted by Gasteiger charge is 2.26. The first-order valence-corrected chi connectivity index (χ1v) is 7.99. The molecule has 0 heterocycles. The van der Waals surface area contributed by atoms with Crippen LogP contribution >= 0.6 is 0 Å². The summed E-state index contributed by atoms with van der Waals surface area (Å²) in [5.74, 6) is 0.0881. The molecular weight excluding hydrogens is 276 g/mol. The first-order valence-electron chi connectivity index (χ1n) is 7.99. The number of carbonyl (C=O) groups is 1. The molecule has 22 heavy (non-hydrogen) atoms. The van der Waals surface area contributed by atoms with Gasteiger partial charge in [0.05, 0.1) is 6.61 Å². The number of hydrogen-bond donors (Lipinski definition) is 1. The molecule has 124 valence electrons. The standard InChI is InChI=1S/C19H30O3/c1-8-22-17-13(9-10-16(20)21)11-14(18(2,3)4)12-15(17)19(5,6)7/h11-12H,8-10H2,1-7H3,(H,20,21). The Balaban J connectivity index is 3.51. The van der Waals surface area contributed by atoms with Gasteiger partial charge in [-0.25, -0.2) is 0 Å². The van der Waals surface area contributed by atoms with Crippen LogP contribution in [0.1, 0.15) is 71.6 Å². The Morgan fingerprint density at radius 2 is 1.68 bits per heavy atom. The molecule has 1 rings (SSSR count). The summed E-state index contributed by atoms with van der Waals surface area (Å²) >= 11 is 0. The van der Waals surface area contributed by atoms with Gasteiger partial charge in [-0.1, -0.05) is 53.7 Å². The van der Waals surface area contributed by atoms with Crippen LogP contribution in [0.25, 0.3) is 0 Å². The van der Waals surface area contributed by atoms with Crippen LogP contribution in [-0.4, -0.2) is 17.7 Å². The second kappa shape index (κ2) is 6.72. The van der Waals surface area contributed by atoms with Gasteiger partial charge in [0.1, 0.15) is 5.75 Å². The van der Waals surface area contributed by atoms with Gasteiger partial charge in [-0.2, -0.15) is 0 Å². The molecule has 0 saturated carbocycles. The fraction of sp³-hybridized carbons (Fsp3) is 0.632.